The smallest absolute Gasteiger partial charge is 0.412 e. The van der Waals surface area contributed by atoms with E-state index in [2.05, 4.69) is 9.69 Å². The summed E-state index contributed by atoms with van der Waals surface area (Å²) >= 11 is 0.936. The predicted molar refractivity (Wildman–Crippen MR) is 78.7 cm³/mol. The number of benzene rings is 1. The largest absolute Gasteiger partial charge is 0.478 e. The lowest BCUT2D eigenvalue weighted by Gasteiger charge is -2.06. The van der Waals surface area contributed by atoms with Crippen molar-refractivity contribution in [2.45, 2.75) is 20.0 Å². The Morgan fingerprint density at radius 3 is 2.67 bits per heavy atom. The van der Waals surface area contributed by atoms with Gasteiger partial charge in [0.1, 0.15) is 17.2 Å². The molecule has 0 aliphatic heterocycles. The number of ether oxygens (including phenoxy) is 1. The lowest BCUT2D eigenvalue weighted by molar-refractivity contribution is 0.0697. The van der Waals surface area contributed by atoms with E-state index in [1.165, 1.54) is 0 Å². The van der Waals surface area contributed by atoms with E-state index in [0.717, 1.165) is 17.1 Å². The molecule has 0 spiro atoms. The Bertz CT molecular complexity index is 640. The summed E-state index contributed by atoms with van der Waals surface area (Å²) in [7, 11) is 0. The minimum atomic E-state index is -1.11. The number of hydrogen-bond donors (Lipinski definition) is 2. The number of aromatic carboxylic acids is 1. The zero-order valence-corrected chi connectivity index (χ0v) is 12.1. The average Bonchev–Trinajstić information content (AvgIpc) is 2.89. The number of carbonyl (C=O) groups excluding carboxylic acids is 1. The van der Waals surface area contributed by atoms with Crippen LogP contribution in [0.4, 0.5) is 9.80 Å². The first-order valence-electron chi connectivity index (χ1n) is 6.31. The summed E-state index contributed by atoms with van der Waals surface area (Å²) in [5.74, 6) is -1.11. The van der Waals surface area contributed by atoms with E-state index < -0.39 is 12.1 Å². The Kier molecular flexibility index (Phi) is 4.89. The van der Waals surface area contributed by atoms with Gasteiger partial charge < -0.3 is 9.84 Å². The lowest BCUT2D eigenvalue weighted by Crippen LogP contribution is -2.15. The van der Waals surface area contributed by atoms with Crippen LogP contribution < -0.4 is 5.32 Å². The van der Waals surface area contributed by atoms with E-state index in [1.807, 2.05) is 30.3 Å². The Balaban J connectivity index is 2.00. The first-order valence-corrected chi connectivity index (χ1v) is 7.08. The van der Waals surface area contributed by atoms with Crippen LogP contribution in [0.25, 0.3) is 0 Å². The molecule has 0 saturated carbocycles. The van der Waals surface area contributed by atoms with Gasteiger partial charge in [0, 0.05) is 0 Å². The molecule has 2 aromatic rings. The third kappa shape index (κ3) is 3.79. The van der Waals surface area contributed by atoms with Crippen LogP contribution in [0.5, 0.6) is 0 Å². The second-order valence-corrected chi connectivity index (χ2v) is 4.95. The number of rotatable bonds is 5. The van der Waals surface area contributed by atoms with Crippen molar-refractivity contribution in [1.82, 2.24) is 4.37 Å². The molecule has 0 fully saturated rings. The van der Waals surface area contributed by atoms with Gasteiger partial charge in [-0.2, -0.15) is 4.37 Å². The van der Waals surface area contributed by atoms with E-state index in [4.69, 9.17) is 9.84 Å². The lowest BCUT2D eigenvalue weighted by atomic mass is 10.2. The molecule has 0 bridgehead atoms. The van der Waals surface area contributed by atoms with Crippen molar-refractivity contribution in [2.24, 2.45) is 0 Å². The van der Waals surface area contributed by atoms with Crippen molar-refractivity contribution in [3.05, 3.63) is 47.2 Å². The maximum absolute atomic E-state index is 11.7. The molecular formula is C14H14N2O4S. The van der Waals surface area contributed by atoms with E-state index in [9.17, 15) is 9.59 Å². The molecule has 0 atom stereocenters. The Morgan fingerprint density at radius 2 is 2.05 bits per heavy atom. The number of hydrogen-bond acceptors (Lipinski definition) is 5. The minimum Gasteiger partial charge on any atom is -0.478 e. The normalized spacial score (nSPS) is 10.1. The van der Waals surface area contributed by atoms with Crippen molar-refractivity contribution < 1.29 is 19.4 Å². The summed E-state index contributed by atoms with van der Waals surface area (Å²) in [6, 6.07) is 9.22. The molecule has 110 valence electrons. The number of nitrogens with one attached hydrogen (secondary N) is 1. The third-order valence-electron chi connectivity index (χ3n) is 2.74. The zero-order valence-electron chi connectivity index (χ0n) is 11.3. The highest BCUT2D eigenvalue weighted by atomic mass is 32.1. The summed E-state index contributed by atoms with van der Waals surface area (Å²) in [5, 5.41) is 11.8. The second kappa shape index (κ2) is 6.85. The molecule has 21 heavy (non-hydrogen) atoms. The van der Waals surface area contributed by atoms with Gasteiger partial charge in [0.2, 0.25) is 0 Å². The fourth-order valence-corrected chi connectivity index (χ4v) is 2.57. The van der Waals surface area contributed by atoms with Crippen molar-refractivity contribution in [2.75, 3.05) is 5.32 Å². The summed E-state index contributed by atoms with van der Waals surface area (Å²) in [5.41, 5.74) is 1.33. The van der Waals surface area contributed by atoms with Gasteiger partial charge in [-0.15, -0.1) is 0 Å². The van der Waals surface area contributed by atoms with Gasteiger partial charge in [-0.25, -0.2) is 9.59 Å². The van der Waals surface area contributed by atoms with Crippen LogP contribution in [0, 0.1) is 0 Å². The van der Waals surface area contributed by atoms with Crippen molar-refractivity contribution in [3.63, 3.8) is 0 Å². The van der Waals surface area contributed by atoms with Crippen LogP contribution >= 0.6 is 11.5 Å². The van der Waals surface area contributed by atoms with Crippen LogP contribution in [0.3, 0.4) is 0 Å². The number of aromatic nitrogens is 1. The fraction of sp³-hybridized carbons (Fsp3) is 0.214. The number of carboxylic acid groups (broad SMARTS) is 1. The van der Waals surface area contributed by atoms with Gasteiger partial charge in [0.05, 0.1) is 5.69 Å². The van der Waals surface area contributed by atoms with E-state index in [0.29, 0.717) is 12.1 Å². The Morgan fingerprint density at radius 1 is 1.33 bits per heavy atom. The van der Waals surface area contributed by atoms with E-state index in [1.54, 1.807) is 6.92 Å². The molecule has 1 heterocycles. The van der Waals surface area contributed by atoms with Crippen LogP contribution in [0.1, 0.15) is 28.5 Å². The number of carbonyl (C=O) groups is 2. The minimum absolute atomic E-state index is 0.0270. The van der Waals surface area contributed by atoms with Gasteiger partial charge in [0.15, 0.2) is 0 Å². The number of aryl methyl sites for hydroxylation is 1. The summed E-state index contributed by atoms with van der Waals surface area (Å²) in [6.07, 6.45) is -0.216. The molecule has 0 aliphatic rings. The molecule has 0 saturated heterocycles. The van der Waals surface area contributed by atoms with Crippen LogP contribution in [0.15, 0.2) is 30.3 Å². The van der Waals surface area contributed by atoms with Gasteiger partial charge >= 0.3 is 12.1 Å². The van der Waals surface area contributed by atoms with Gasteiger partial charge in [-0.3, -0.25) is 5.32 Å². The quantitative estimate of drug-likeness (QED) is 0.885. The SMILES string of the molecule is CCc1nsc(NC(=O)OCc2ccccc2)c1C(=O)O. The monoisotopic (exact) mass is 306 g/mol. The second-order valence-electron chi connectivity index (χ2n) is 4.18. The maximum Gasteiger partial charge on any atom is 0.412 e. The summed E-state index contributed by atoms with van der Waals surface area (Å²) in [6.45, 7) is 1.92. The molecule has 6 nitrogen and oxygen atoms in total. The number of nitrogens with zero attached hydrogens (tertiary/aromatic N) is 1. The number of anilines is 1. The Hall–Kier alpha value is -2.41. The standard InChI is InChI=1S/C14H14N2O4S/c1-2-10-11(13(17)18)12(21-16-10)15-14(19)20-8-9-6-4-3-5-7-9/h3-7H,2,8H2,1H3,(H,15,19)(H,17,18). The highest BCUT2D eigenvalue weighted by Gasteiger charge is 2.21. The van der Waals surface area contributed by atoms with Crippen LogP contribution in [-0.4, -0.2) is 21.5 Å². The fourth-order valence-electron chi connectivity index (χ4n) is 1.72. The molecule has 0 radical (unpaired) electrons. The maximum atomic E-state index is 11.7. The molecule has 2 N–H and O–H groups in total. The third-order valence-corrected chi connectivity index (χ3v) is 3.54. The topological polar surface area (TPSA) is 88.5 Å². The first kappa shape index (κ1) is 15.0. The molecule has 1 aromatic carbocycles. The first-order chi connectivity index (χ1) is 10.1. The van der Waals surface area contributed by atoms with Crippen LogP contribution in [0.2, 0.25) is 0 Å². The predicted octanol–water partition coefficient (Wildman–Crippen LogP) is 3.15. The van der Waals surface area contributed by atoms with Crippen molar-refractivity contribution in [3.8, 4) is 0 Å². The highest BCUT2D eigenvalue weighted by Crippen LogP contribution is 2.25. The van der Waals surface area contributed by atoms with Crippen molar-refractivity contribution in [1.29, 1.82) is 0 Å². The van der Waals surface area contributed by atoms with Gasteiger partial charge in [-0.05, 0) is 23.5 Å². The molecule has 1 aromatic heterocycles. The highest BCUT2D eigenvalue weighted by molar-refractivity contribution is 7.11. The average molecular weight is 306 g/mol. The molecule has 2 rings (SSSR count). The van der Waals surface area contributed by atoms with Gasteiger partial charge in [-0.1, -0.05) is 37.3 Å². The molecular weight excluding hydrogens is 292 g/mol. The Labute approximate surface area is 125 Å². The summed E-state index contributed by atoms with van der Waals surface area (Å²) < 4.78 is 9.06. The van der Waals surface area contributed by atoms with Crippen molar-refractivity contribution >= 4 is 28.6 Å². The van der Waals surface area contributed by atoms with E-state index >= 15 is 0 Å². The van der Waals surface area contributed by atoms with E-state index in [-0.39, 0.29) is 17.2 Å². The number of carboxylic acids is 1. The number of amides is 1. The molecule has 0 unspecified atom stereocenters. The zero-order chi connectivity index (χ0) is 15.2. The molecule has 1 amide bonds. The molecule has 0 aliphatic carbocycles. The summed E-state index contributed by atoms with van der Waals surface area (Å²) in [4.78, 5) is 22.9. The molecule has 7 heteroatoms. The van der Waals surface area contributed by atoms with Gasteiger partial charge in [0.25, 0.3) is 0 Å². The van der Waals surface area contributed by atoms with Crippen LogP contribution in [-0.2, 0) is 17.8 Å².